The molecule has 0 radical (unpaired) electrons. The van der Waals surface area contributed by atoms with Crippen LogP contribution >= 0.6 is 0 Å². The van der Waals surface area contributed by atoms with E-state index < -0.39 is 0 Å². The summed E-state index contributed by atoms with van der Waals surface area (Å²) in [5.74, 6) is 0.930. The van der Waals surface area contributed by atoms with E-state index in [1.54, 1.807) is 29.4 Å². The zero-order valence-corrected chi connectivity index (χ0v) is 19.3. The van der Waals surface area contributed by atoms with Crippen LogP contribution in [0.3, 0.4) is 0 Å². The van der Waals surface area contributed by atoms with E-state index in [0.29, 0.717) is 56.8 Å². The van der Waals surface area contributed by atoms with Gasteiger partial charge in [-0.3, -0.25) is 23.9 Å². The van der Waals surface area contributed by atoms with Gasteiger partial charge in [0, 0.05) is 50.4 Å². The van der Waals surface area contributed by atoms with Crippen molar-refractivity contribution in [2.45, 2.75) is 44.2 Å². The van der Waals surface area contributed by atoms with Crippen LogP contribution in [-0.4, -0.2) is 81.3 Å². The number of hydrogen-bond donors (Lipinski definition) is 0. The van der Waals surface area contributed by atoms with Crippen molar-refractivity contribution in [1.82, 2.24) is 29.2 Å². The Hall–Kier alpha value is -3.07. The number of carbonyl (C=O) groups excluding carboxylic acids is 2. The maximum absolute atomic E-state index is 13.4. The van der Waals surface area contributed by atoms with E-state index in [2.05, 4.69) is 4.98 Å². The predicted octanol–water partition coefficient (Wildman–Crippen LogP) is 0.662. The van der Waals surface area contributed by atoms with Crippen LogP contribution in [0.25, 0.3) is 0 Å². The Morgan fingerprint density at radius 1 is 1.09 bits per heavy atom. The quantitative estimate of drug-likeness (QED) is 0.682. The molecule has 2 aromatic heterocycles. The third-order valence-corrected chi connectivity index (χ3v) is 7.32. The van der Waals surface area contributed by atoms with Gasteiger partial charge in [-0.25, -0.2) is 4.98 Å². The van der Waals surface area contributed by atoms with Gasteiger partial charge in [0.25, 0.3) is 11.5 Å². The molecule has 2 amide bonds. The Morgan fingerprint density at radius 3 is 2.55 bits per heavy atom. The number of likely N-dealkylation sites (N-methyl/N-ethyl adjacent to an activating group) is 1. The first-order valence-corrected chi connectivity index (χ1v) is 11.6. The lowest BCUT2D eigenvalue weighted by molar-refractivity contribution is -0.132. The monoisotopic (exact) mass is 450 g/mol. The molecule has 33 heavy (non-hydrogen) atoms. The molecule has 5 heterocycles. The summed E-state index contributed by atoms with van der Waals surface area (Å²) in [6, 6.07) is 3.57. The van der Waals surface area contributed by atoms with Crippen molar-refractivity contribution >= 4 is 11.8 Å². The number of amides is 2. The van der Waals surface area contributed by atoms with E-state index in [1.807, 2.05) is 28.5 Å². The summed E-state index contributed by atoms with van der Waals surface area (Å²) in [5.41, 5.74) is 1.96. The normalized spacial score (nSPS) is 19.0. The van der Waals surface area contributed by atoms with Crippen LogP contribution < -0.4 is 5.56 Å². The highest BCUT2D eigenvalue weighted by atomic mass is 16.2. The van der Waals surface area contributed by atoms with Crippen LogP contribution in [0.2, 0.25) is 0 Å². The lowest BCUT2D eigenvalue weighted by Gasteiger charge is -2.39. The molecule has 0 N–H and O–H groups in total. The fraction of sp³-hybridized carbons (Fsp3) is 0.542. The Kier molecular flexibility index (Phi) is 5.52. The maximum atomic E-state index is 13.4. The van der Waals surface area contributed by atoms with Gasteiger partial charge in [0.1, 0.15) is 5.82 Å². The smallest absolute Gasteiger partial charge is 0.258 e. The molecule has 9 heteroatoms. The van der Waals surface area contributed by atoms with E-state index in [-0.39, 0.29) is 22.8 Å². The number of nitrogens with zero attached hydrogens (tertiary/aromatic N) is 6. The molecule has 3 aliphatic rings. The summed E-state index contributed by atoms with van der Waals surface area (Å²) in [7, 11) is 3.74. The Bertz CT molecular complexity index is 1130. The van der Waals surface area contributed by atoms with Crippen molar-refractivity contribution in [1.29, 1.82) is 0 Å². The molecule has 174 valence electrons. The second-order valence-corrected chi connectivity index (χ2v) is 9.68. The molecule has 1 fully saturated rings. The average Bonchev–Trinajstić information content (AvgIpc) is 3.17. The van der Waals surface area contributed by atoms with Crippen LogP contribution in [0, 0.1) is 0 Å². The number of hydrogen-bond acceptors (Lipinski definition) is 6. The summed E-state index contributed by atoms with van der Waals surface area (Å²) in [6.07, 6.45) is 6.36. The zero-order chi connectivity index (χ0) is 23.2. The standard InChI is InChI=1S/C24H30N6O3/c1-27(2)16-20(31)29-10-5-19-18(15-29)22(33)30-13-8-24(23(30)26-19)6-11-28(12-7-24)21(32)17-4-3-9-25-14-17/h3-4,9,14H,5-8,10-13,15-16H2,1-2H3. The van der Waals surface area contributed by atoms with Crippen LogP contribution in [0.15, 0.2) is 29.3 Å². The first-order valence-electron chi connectivity index (χ1n) is 11.6. The van der Waals surface area contributed by atoms with Crippen molar-refractivity contribution in [3.63, 3.8) is 0 Å². The minimum atomic E-state index is -0.155. The van der Waals surface area contributed by atoms with Gasteiger partial charge in [0.2, 0.25) is 5.91 Å². The largest absolute Gasteiger partial charge is 0.339 e. The summed E-state index contributed by atoms with van der Waals surface area (Å²) in [5, 5.41) is 0. The molecule has 0 atom stereocenters. The number of piperidine rings is 1. The molecule has 3 aliphatic heterocycles. The number of aromatic nitrogens is 3. The first-order chi connectivity index (χ1) is 15.9. The summed E-state index contributed by atoms with van der Waals surface area (Å²) in [6.45, 7) is 3.22. The highest BCUT2D eigenvalue weighted by molar-refractivity contribution is 5.93. The fourth-order valence-corrected chi connectivity index (χ4v) is 5.43. The first kappa shape index (κ1) is 21.8. The molecule has 0 aliphatic carbocycles. The minimum Gasteiger partial charge on any atom is -0.339 e. The average molecular weight is 451 g/mol. The molecule has 2 aromatic rings. The van der Waals surface area contributed by atoms with Crippen LogP contribution in [0.5, 0.6) is 0 Å². The third kappa shape index (κ3) is 3.84. The molecular weight excluding hydrogens is 420 g/mol. The van der Waals surface area contributed by atoms with Crippen LogP contribution in [0.4, 0.5) is 0 Å². The fourth-order valence-electron chi connectivity index (χ4n) is 5.43. The molecule has 1 saturated heterocycles. The topological polar surface area (TPSA) is 91.6 Å². The molecule has 0 bridgehead atoms. The number of likely N-dealkylation sites (tertiary alicyclic amines) is 1. The number of pyridine rings is 1. The van der Waals surface area contributed by atoms with Gasteiger partial charge in [0.05, 0.1) is 29.9 Å². The number of rotatable bonds is 3. The van der Waals surface area contributed by atoms with Gasteiger partial charge < -0.3 is 14.7 Å². The second-order valence-electron chi connectivity index (χ2n) is 9.68. The van der Waals surface area contributed by atoms with Gasteiger partial charge in [0.15, 0.2) is 0 Å². The molecule has 9 nitrogen and oxygen atoms in total. The number of carbonyl (C=O) groups is 2. The molecule has 0 unspecified atom stereocenters. The van der Waals surface area contributed by atoms with Gasteiger partial charge in [-0.1, -0.05) is 0 Å². The molecular formula is C24H30N6O3. The highest BCUT2D eigenvalue weighted by Crippen LogP contribution is 2.42. The van der Waals surface area contributed by atoms with Crippen LogP contribution in [0.1, 0.15) is 46.7 Å². The van der Waals surface area contributed by atoms with Gasteiger partial charge in [-0.2, -0.15) is 0 Å². The Labute approximate surface area is 193 Å². The van der Waals surface area contributed by atoms with Crippen molar-refractivity contribution in [2.24, 2.45) is 0 Å². The summed E-state index contributed by atoms with van der Waals surface area (Å²) in [4.78, 5) is 53.3. The van der Waals surface area contributed by atoms with Crippen molar-refractivity contribution in [2.75, 3.05) is 40.3 Å². The Balaban J connectivity index is 1.35. The predicted molar refractivity (Wildman–Crippen MR) is 122 cm³/mol. The van der Waals surface area contributed by atoms with Gasteiger partial charge >= 0.3 is 0 Å². The maximum Gasteiger partial charge on any atom is 0.258 e. The van der Waals surface area contributed by atoms with Gasteiger partial charge in [-0.05, 0) is 45.5 Å². The highest BCUT2D eigenvalue weighted by Gasteiger charge is 2.45. The molecule has 1 spiro atoms. The minimum absolute atomic E-state index is 0.00286. The summed E-state index contributed by atoms with van der Waals surface area (Å²) >= 11 is 0. The van der Waals surface area contributed by atoms with E-state index in [4.69, 9.17) is 4.98 Å². The van der Waals surface area contributed by atoms with Crippen molar-refractivity contribution < 1.29 is 9.59 Å². The SMILES string of the molecule is CN(C)CC(=O)N1CCc2nc3n(c(=O)c2C1)CCC31CCN(C(=O)c2cccnc2)CC1. The van der Waals surface area contributed by atoms with E-state index in [0.717, 1.165) is 30.8 Å². The molecule has 0 saturated carbocycles. The summed E-state index contributed by atoms with van der Waals surface area (Å²) < 4.78 is 1.83. The van der Waals surface area contributed by atoms with Crippen molar-refractivity contribution in [3.8, 4) is 0 Å². The van der Waals surface area contributed by atoms with Gasteiger partial charge in [-0.15, -0.1) is 0 Å². The van der Waals surface area contributed by atoms with E-state index in [1.165, 1.54) is 0 Å². The Morgan fingerprint density at radius 2 is 1.85 bits per heavy atom. The van der Waals surface area contributed by atoms with Crippen LogP contribution in [-0.2, 0) is 29.7 Å². The van der Waals surface area contributed by atoms with E-state index >= 15 is 0 Å². The molecule has 5 rings (SSSR count). The van der Waals surface area contributed by atoms with E-state index in [9.17, 15) is 14.4 Å². The van der Waals surface area contributed by atoms with Crippen molar-refractivity contribution in [3.05, 3.63) is 57.5 Å². The third-order valence-electron chi connectivity index (χ3n) is 7.32. The number of fused-ring (bicyclic) bond motifs is 3. The second kappa shape index (κ2) is 8.37. The zero-order valence-electron chi connectivity index (χ0n) is 19.3. The lowest BCUT2D eigenvalue weighted by Crippen LogP contribution is -2.46. The lowest BCUT2D eigenvalue weighted by atomic mass is 9.76. The molecule has 0 aromatic carbocycles.